The summed E-state index contributed by atoms with van der Waals surface area (Å²) in [6.07, 6.45) is 0. The number of rotatable bonds is 10. The van der Waals surface area contributed by atoms with Crippen molar-refractivity contribution in [2.45, 2.75) is 22.9 Å². The second kappa shape index (κ2) is 11.3. The van der Waals surface area contributed by atoms with Crippen LogP contribution in [0, 0.1) is 6.07 Å². The molecule has 8 nitrogen and oxygen atoms in total. The molecule has 11 heteroatoms. The number of anilines is 3. The summed E-state index contributed by atoms with van der Waals surface area (Å²) in [7, 11) is -7.88. The molecule has 4 aromatic carbocycles. The molecule has 0 saturated heterocycles. The van der Waals surface area contributed by atoms with Crippen LogP contribution in [-0.2, 0) is 33.1 Å². The largest absolute Gasteiger partial charge is 0.399 e. The van der Waals surface area contributed by atoms with E-state index in [1.165, 1.54) is 30.3 Å². The molecule has 0 aliphatic rings. The molecule has 0 bridgehead atoms. The molecular formula is C26H24ClN4O4S2. The first-order valence-electron chi connectivity index (χ1n) is 11.1. The topological polar surface area (TPSA) is 130 Å². The first-order valence-corrected chi connectivity index (χ1v) is 14.4. The van der Waals surface area contributed by atoms with Crippen LogP contribution in [0.1, 0.15) is 11.1 Å². The van der Waals surface area contributed by atoms with Gasteiger partial charge in [-0.1, -0.05) is 66.2 Å². The summed E-state index contributed by atoms with van der Waals surface area (Å²) in [6.45, 7) is 0.0961. The van der Waals surface area contributed by atoms with Crippen LogP contribution >= 0.6 is 11.6 Å². The molecule has 1 radical (unpaired) electrons. The molecule has 4 aromatic rings. The Labute approximate surface area is 221 Å². The van der Waals surface area contributed by atoms with Crippen LogP contribution in [0.5, 0.6) is 0 Å². The number of halogens is 1. The van der Waals surface area contributed by atoms with E-state index in [1.807, 2.05) is 30.3 Å². The average molecular weight is 556 g/mol. The Morgan fingerprint density at radius 3 is 2.27 bits per heavy atom. The lowest BCUT2D eigenvalue weighted by molar-refractivity contribution is 0.579. The summed E-state index contributed by atoms with van der Waals surface area (Å²) < 4.78 is 57.1. The summed E-state index contributed by atoms with van der Waals surface area (Å²) in [5.41, 5.74) is 8.11. The standard InChI is InChI=1S/C26H24ClN4O4S2/c27-24-11-5-4-10-20(24)18-30-37(34,35)26-13-7-6-12-25(26)31-22-14-21(28)15-23(16-22)36(32,33)29-17-19-8-2-1-3-9-19/h1-6,8-16,29-31H,17-18,28H2. The number of nitrogens with two attached hydrogens (primary N) is 1. The van der Waals surface area contributed by atoms with E-state index in [0.717, 1.165) is 5.56 Å². The van der Waals surface area contributed by atoms with Gasteiger partial charge in [0.15, 0.2) is 0 Å². The van der Waals surface area contributed by atoms with Gasteiger partial charge in [-0.05, 0) is 53.6 Å². The SMILES string of the molecule is Nc1cc(Nc2cc[c]cc2S(=O)(=O)NCc2ccccc2Cl)cc(S(=O)(=O)NCc2ccccc2)c1. The minimum Gasteiger partial charge on any atom is -0.399 e. The zero-order valence-electron chi connectivity index (χ0n) is 19.5. The van der Waals surface area contributed by atoms with Crippen LogP contribution in [0.2, 0.25) is 5.02 Å². The molecule has 0 aliphatic heterocycles. The monoisotopic (exact) mass is 555 g/mol. The maximum Gasteiger partial charge on any atom is 0.242 e. The molecule has 0 amide bonds. The zero-order chi connectivity index (χ0) is 26.5. The third-order valence-corrected chi connectivity index (χ3v) is 8.54. The molecule has 0 saturated carbocycles. The number of sulfonamides is 2. The Bertz CT molecular complexity index is 1610. The van der Waals surface area contributed by atoms with E-state index < -0.39 is 20.0 Å². The van der Waals surface area contributed by atoms with Gasteiger partial charge in [0.25, 0.3) is 0 Å². The van der Waals surface area contributed by atoms with Gasteiger partial charge in [-0.2, -0.15) is 0 Å². The average Bonchev–Trinajstić information content (AvgIpc) is 2.88. The normalized spacial score (nSPS) is 11.8. The van der Waals surface area contributed by atoms with Crippen LogP contribution < -0.4 is 20.5 Å². The van der Waals surface area contributed by atoms with E-state index in [2.05, 4.69) is 20.8 Å². The number of benzene rings is 4. The smallest absolute Gasteiger partial charge is 0.242 e. The fraction of sp³-hybridized carbons (Fsp3) is 0.0769. The van der Waals surface area contributed by atoms with Crippen molar-refractivity contribution in [3.63, 3.8) is 0 Å². The van der Waals surface area contributed by atoms with Gasteiger partial charge in [-0.3, -0.25) is 0 Å². The number of nitrogens with one attached hydrogen (secondary N) is 3. The fourth-order valence-electron chi connectivity index (χ4n) is 3.50. The highest BCUT2D eigenvalue weighted by Gasteiger charge is 2.20. The van der Waals surface area contributed by atoms with Crippen molar-refractivity contribution < 1.29 is 16.8 Å². The van der Waals surface area contributed by atoms with Crippen molar-refractivity contribution in [1.29, 1.82) is 0 Å². The third-order valence-electron chi connectivity index (χ3n) is 5.35. The highest BCUT2D eigenvalue weighted by Crippen LogP contribution is 2.28. The lowest BCUT2D eigenvalue weighted by Crippen LogP contribution is -2.24. The Balaban J connectivity index is 1.56. The number of hydrogen-bond donors (Lipinski definition) is 4. The van der Waals surface area contributed by atoms with Crippen LogP contribution in [0.25, 0.3) is 0 Å². The minimum atomic E-state index is -3.98. The summed E-state index contributed by atoms with van der Waals surface area (Å²) in [4.78, 5) is -0.134. The molecule has 0 fully saturated rings. The van der Waals surface area contributed by atoms with Gasteiger partial charge in [0, 0.05) is 29.5 Å². The lowest BCUT2D eigenvalue weighted by Gasteiger charge is -2.15. The van der Waals surface area contributed by atoms with Crippen molar-refractivity contribution in [2.24, 2.45) is 0 Å². The molecule has 4 rings (SSSR count). The van der Waals surface area contributed by atoms with Crippen LogP contribution in [0.15, 0.2) is 101 Å². The highest BCUT2D eigenvalue weighted by atomic mass is 35.5. The molecule has 5 N–H and O–H groups in total. The minimum absolute atomic E-state index is 0.00982. The maximum absolute atomic E-state index is 13.1. The van der Waals surface area contributed by atoms with Crippen LogP contribution in [0.4, 0.5) is 17.1 Å². The van der Waals surface area contributed by atoms with Gasteiger partial charge in [-0.25, -0.2) is 26.3 Å². The van der Waals surface area contributed by atoms with Crippen LogP contribution in [0.3, 0.4) is 0 Å². The van der Waals surface area contributed by atoms with E-state index in [0.29, 0.717) is 16.3 Å². The summed E-state index contributed by atoms with van der Waals surface area (Å²) in [5.74, 6) is 0. The Kier molecular flexibility index (Phi) is 8.16. The summed E-state index contributed by atoms with van der Waals surface area (Å²) in [6, 6.07) is 27.4. The lowest BCUT2D eigenvalue weighted by atomic mass is 10.2. The summed E-state index contributed by atoms with van der Waals surface area (Å²) >= 11 is 6.14. The van der Waals surface area contributed by atoms with Crippen molar-refractivity contribution in [2.75, 3.05) is 11.1 Å². The highest BCUT2D eigenvalue weighted by molar-refractivity contribution is 7.89. The summed E-state index contributed by atoms with van der Waals surface area (Å²) in [5, 5.41) is 3.42. The van der Waals surface area contributed by atoms with E-state index in [1.54, 1.807) is 30.3 Å². The van der Waals surface area contributed by atoms with Crippen molar-refractivity contribution >= 4 is 48.7 Å². The molecule has 0 aromatic heterocycles. The van der Waals surface area contributed by atoms with E-state index in [-0.39, 0.29) is 34.3 Å². The molecule has 191 valence electrons. The second-order valence-corrected chi connectivity index (χ2v) is 12.0. The van der Waals surface area contributed by atoms with Crippen molar-refractivity contribution in [3.8, 4) is 0 Å². The van der Waals surface area contributed by atoms with Crippen LogP contribution in [-0.4, -0.2) is 16.8 Å². The molecule has 0 spiro atoms. The number of hydrogen-bond acceptors (Lipinski definition) is 6. The molecular weight excluding hydrogens is 532 g/mol. The first-order chi connectivity index (χ1) is 17.6. The number of nitrogen functional groups attached to an aromatic ring is 1. The molecule has 0 aliphatic carbocycles. The van der Waals surface area contributed by atoms with Crippen molar-refractivity contribution in [3.05, 3.63) is 113 Å². The van der Waals surface area contributed by atoms with E-state index in [9.17, 15) is 16.8 Å². The fourth-order valence-corrected chi connectivity index (χ4v) is 5.93. The quantitative estimate of drug-likeness (QED) is 0.214. The maximum atomic E-state index is 13.1. The Morgan fingerprint density at radius 1 is 0.811 bits per heavy atom. The molecule has 0 heterocycles. The van der Waals surface area contributed by atoms with Gasteiger partial charge in [0.1, 0.15) is 4.90 Å². The predicted octanol–water partition coefficient (Wildman–Crippen LogP) is 4.42. The second-order valence-electron chi connectivity index (χ2n) is 8.06. The third kappa shape index (κ3) is 6.88. The zero-order valence-corrected chi connectivity index (χ0v) is 21.9. The Hall–Kier alpha value is -3.41. The molecule has 0 atom stereocenters. The van der Waals surface area contributed by atoms with E-state index >= 15 is 0 Å². The van der Waals surface area contributed by atoms with Crippen molar-refractivity contribution in [1.82, 2.24) is 9.44 Å². The van der Waals surface area contributed by atoms with E-state index in [4.69, 9.17) is 17.3 Å². The van der Waals surface area contributed by atoms with Gasteiger partial charge in [0.2, 0.25) is 20.0 Å². The van der Waals surface area contributed by atoms with Gasteiger partial charge in [0.05, 0.1) is 10.6 Å². The van der Waals surface area contributed by atoms with Gasteiger partial charge in [-0.15, -0.1) is 0 Å². The first kappa shape index (κ1) is 26.6. The Morgan fingerprint density at radius 2 is 1.51 bits per heavy atom. The molecule has 0 unspecified atom stereocenters. The van der Waals surface area contributed by atoms with Gasteiger partial charge >= 0.3 is 0 Å². The molecule has 37 heavy (non-hydrogen) atoms. The van der Waals surface area contributed by atoms with Gasteiger partial charge < -0.3 is 11.1 Å². The predicted molar refractivity (Wildman–Crippen MR) is 145 cm³/mol.